The Balaban J connectivity index is 3.14. The van der Waals surface area contributed by atoms with E-state index in [-0.39, 0.29) is 5.82 Å². The van der Waals surface area contributed by atoms with Crippen LogP contribution >= 0.6 is 0 Å². The van der Waals surface area contributed by atoms with E-state index in [0.717, 1.165) is 0 Å². The molecule has 0 aliphatic heterocycles. The first kappa shape index (κ1) is 8.90. The Hall–Kier alpha value is -1.19. The third-order valence-electron chi connectivity index (χ3n) is 1.60. The molecule has 12 heavy (non-hydrogen) atoms. The van der Waals surface area contributed by atoms with Crippen molar-refractivity contribution in [1.29, 1.82) is 0 Å². The Morgan fingerprint density at radius 1 is 1.42 bits per heavy atom. The fourth-order valence-electron chi connectivity index (χ4n) is 0.954. The number of hydrogen-bond acceptors (Lipinski definition) is 3. The summed E-state index contributed by atoms with van der Waals surface area (Å²) >= 11 is 0. The molecular formula is C8H12FN3. The van der Waals surface area contributed by atoms with Crippen molar-refractivity contribution in [3.8, 4) is 0 Å². The van der Waals surface area contributed by atoms with Gasteiger partial charge in [0, 0.05) is 14.1 Å². The third-order valence-corrected chi connectivity index (χ3v) is 1.60. The summed E-state index contributed by atoms with van der Waals surface area (Å²) < 4.78 is 13.4. The van der Waals surface area contributed by atoms with Gasteiger partial charge in [-0.15, -0.1) is 0 Å². The van der Waals surface area contributed by atoms with Crippen LogP contribution in [0.2, 0.25) is 0 Å². The van der Waals surface area contributed by atoms with Gasteiger partial charge in [0.2, 0.25) is 0 Å². The lowest BCUT2D eigenvalue weighted by molar-refractivity contribution is 0.592. The summed E-state index contributed by atoms with van der Waals surface area (Å²) in [4.78, 5) is 9.29. The molecule has 0 aliphatic rings. The molecule has 0 radical (unpaired) electrons. The highest BCUT2D eigenvalue weighted by Gasteiger charge is 2.10. The van der Waals surface area contributed by atoms with Crippen molar-refractivity contribution in [2.45, 2.75) is 13.3 Å². The number of anilines is 1. The van der Waals surface area contributed by atoms with Gasteiger partial charge in [-0.1, -0.05) is 6.92 Å². The number of halogens is 1. The molecule has 0 fully saturated rings. The third kappa shape index (κ3) is 1.52. The zero-order valence-electron chi connectivity index (χ0n) is 7.50. The molecule has 0 saturated carbocycles. The zero-order chi connectivity index (χ0) is 9.14. The quantitative estimate of drug-likeness (QED) is 0.667. The molecule has 0 aromatic carbocycles. The lowest BCUT2D eigenvalue weighted by atomic mass is 10.3. The molecule has 1 aromatic heterocycles. The molecule has 0 unspecified atom stereocenters. The van der Waals surface area contributed by atoms with Gasteiger partial charge < -0.3 is 4.90 Å². The minimum Gasteiger partial charge on any atom is -0.360 e. The maximum atomic E-state index is 13.4. The summed E-state index contributed by atoms with van der Waals surface area (Å²) in [5.41, 5.74) is 0.466. The molecule has 0 saturated heterocycles. The number of hydrogen-bond donors (Lipinski definition) is 0. The monoisotopic (exact) mass is 169 g/mol. The Morgan fingerprint density at radius 2 is 2.08 bits per heavy atom. The van der Waals surface area contributed by atoms with Crippen molar-refractivity contribution in [1.82, 2.24) is 9.97 Å². The first-order valence-corrected chi connectivity index (χ1v) is 3.83. The van der Waals surface area contributed by atoms with Crippen LogP contribution in [0.1, 0.15) is 12.6 Å². The Morgan fingerprint density at radius 3 is 2.58 bits per heavy atom. The Bertz CT molecular complexity index is 273. The van der Waals surface area contributed by atoms with Crippen LogP contribution in [0.4, 0.5) is 10.2 Å². The van der Waals surface area contributed by atoms with E-state index in [1.807, 2.05) is 6.92 Å². The van der Waals surface area contributed by atoms with Crippen molar-refractivity contribution in [3.63, 3.8) is 0 Å². The first-order valence-electron chi connectivity index (χ1n) is 3.83. The van der Waals surface area contributed by atoms with E-state index in [1.165, 1.54) is 6.33 Å². The Kier molecular flexibility index (Phi) is 2.58. The van der Waals surface area contributed by atoms with Crippen LogP contribution in [-0.2, 0) is 6.42 Å². The van der Waals surface area contributed by atoms with E-state index in [2.05, 4.69) is 9.97 Å². The first-order chi connectivity index (χ1) is 5.66. The van der Waals surface area contributed by atoms with Crippen LogP contribution in [0, 0.1) is 5.82 Å². The van der Waals surface area contributed by atoms with Gasteiger partial charge in [-0.2, -0.15) is 0 Å². The smallest absolute Gasteiger partial charge is 0.187 e. The van der Waals surface area contributed by atoms with Crippen LogP contribution in [0.15, 0.2) is 6.33 Å². The van der Waals surface area contributed by atoms with Gasteiger partial charge >= 0.3 is 0 Å². The summed E-state index contributed by atoms with van der Waals surface area (Å²) in [5, 5.41) is 0. The highest BCUT2D eigenvalue weighted by atomic mass is 19.1. The molecule has 0 aliphatic carbocycles. The highest BCUT2D eigenvalue weighted by molar-refractivity contribution is 5.38. The molecule has 0 N–H and O–H groups in total. The maximum Gasteiger partial charge on any atom is 0.187 e. The fourth-order valence-corrected chi connectivity index (χ4v) is 0.954. The maximum absolute atomic E-state index is 13.4. The molecule has 1 rings (SSSR count). The molecule has 0 atom stereocenters. The second kappa shape index (κ2) is 3.47. The van der Waals surface area contributed by atoms with E-state index in [1.54, 1.807) is 19.0 Å². The summed E-state index contributed by atoms with van der Waals surface area (Å²) in [7, 11) is 3.51. The molecule has 0 amide bonds. The number of aromatic nitrogens is 2. The van der Waals surface area contributed by atoms with Gasteiger partial charge in [0.25, 0.3) is 0 Å². The van der Waals surface area contributed by atoms with Crippen molar-refractivity contribution < 1.29 is 4.39 Å². The normalized spacial score (nSPS) is 10.0. The second-order valence-corrected chi connectivity index (χ2v) is 2.71. The molecular weight excluding hydrogens is 157 g/mol. The second-order valence-electron chi connectivity index (χ2n) is 2.71. The van der Waals surface area contributed by atoms with E-state index in [4.69, 9.17) is 0 Å². The molecule has 3 nitrogen and oxygen atoms in total. The lowest BCUT2D eigenvalue weighted by Gasteiger charge is -2.12. The lowest BCUT2D eigenvalue weighted by Crippen LogP contribution is -2.14. The van der Waals surface area contributed by atoms with Crippen LogP contribution in [0.5, 0.6) is 0 Å². The fraction of sp³-hybridized carbons (Fsp3) is 0.500. The van der Waals surface area contributed by atoms with Gasteiger partial charge in [0.15, 0.2) is 11.6 Å². The van der Waals surface area contributed by atoms with Crippen molar-refractivity contribution in [2.75, 3.05) is 19.0 Å². The predicted octanol–water partition coefficient (Wildman–Crippen LogP) is 1.24. The summed E-state index contributed by atoms with van der Waals surface area (Å²) in [6, 6.07) is 0. The number of aryl methyl sites for hydroxylation is 1. The van der Waals surface area contributed by atoms with Crippen molar-refractivity contribution >= 4 is 5.82 Å². The summed E-state index contributed by atoms with van der Waals surface area (Å²) in [5.74, 6) is 0.0341. The van der Waals surface area contributed by atoms with Crippen LogP contribution in [0.25, 0.3) is 0 Å². The van der Waals surface area contributed by atoms with Gasteiger partial charge in [-0.25, -0.2) is 14.4 Å². The Labute approximate surface area is 71.3 Å². The van der Waals surface area contributed by atoms with E-state index in [9.17, 15) is 4.39 Å². The minimum absolute atomic E-state index is 0.315. The summed E-state index contributed by atoms with van der Waals surface area (Å²) in [6.45, 7) is 1.87. The average molecular weight is 169 g/mol. The van der Waals surface area contributed by atoms with Gasteiger partial charge in [-0.05, 0) is 6.42 Å². The van der Waals surface area contributed by atoms with E-state index in [0.29, 0.717) is 17.9 Å². The van der Waals surface area contributed by atoms with E-state index >= 15 is 0 Å². The van der Waals surface area contributed by atoms with Gasteiger partial charge in [-0.3, -0.25) is 0 Å². The molecule has 4 heteroatoms. The zero-order valence-corrected chi connectivity index (χ0v) is 7.50. The molecule has 0 spiro atoms. The van der Waals surface area contributed by atoms with Crippen LogP contribution in [0.3, 0.4) is 0 Å². The van der Waals surface area contributed by atoms with Crippen LogP contribution in [-0.4, -0.2) is 24.1 Å². The van der Waals surface area contributed by atoms with Gasteiger partial charge in [0.1, 0.15) is 6.33 Å². The summed E-state index contributed by atoms with van der Waals surface area (Å²) in [6.07, 6.45) is 1.98. The number of nitrogens with zero attached hydrogens (tertiary/aromatic N) is 3. The van der Waals surface area contributed by atoms with Crippen LogP contribution < -0.4 is 4.90 Å². The molecule has 0 bridgehead atoms. The molecule has 1 heterocycles. The topological polar surface area (TPSA) is 29.0 Å². The van der Waals surface area contributed by atoms with Gasteiger partial charge in [0.05, 0.1) is 5.69 Å². The molecule has 66 valence electrons. The molecule has 1 aromatic rings. The minimum atomic E-state index is -0.315. The van der Waals surface area contributed by atoms with Crippen molar-refractivity contribution in [2.24, 2.45) is 0 Å². The average Bonchev–Trinajstić information content (AvgIpc) is 2.04. The SMILES string of the molecule is CCc1ncnc(N(C)C)c1F. The highest BCUT2D eigenvalue weighted by Crippen LogP contribution is 2.14. The predicted molar refractivity (Wildman–Crippen MR) is 45.7 cm³/mol. The number of rotatable bonds is 2. The van der Waals surface area contributed by atoms with Crippen molar-refractivity contribution in [3.05, 3.63) is 17.8 Å². The standard InChI is InChI=1S/C8H12FN3/c1-4-6-7(9)8(12(2)3)11-5-10-6/h5H,4H2,1-3H3. The van der Waals surface area contributed by atoms with E-state index < -0.39 is 0 Å². The largest absolute Gasteiger partial charge is 0.360 e.